The first-order valence-corrected chi connectivity index (χ1v) is 9.13. The third-order valence-electron chi connectivity index (χ3n) is 2.09. The summed E-state index contributed by atoms with van der Waals surface area (Å²) < 4.78 is 5.81. The van der Waals surface area contributed by atoms with Crippen LogP contribution in [0.5, 0.6) is 5.75 Å². The van der Waals surface area contributed by atoms with Gasteiger partial charge >= 0.3 is 5.97 Å². The number of carbonyl (C=O) groups excluding carboxylic acids is 1. The van der Waals surface area contributed by atoms with Crippen molar-refractivity contribution in [2.24, 2.45) is 0 Å². The van der Waals surface area contributed by atoms with Gasteiger partial charge in [-0.15, -0.1) is 0 Å². The van der Waals surface area contributed by atoms with Gasteiger partial charge in [0.2, 0.25) is 14.2 Å². The first kappa shape index (κ1) is 15.0. The zero-order valence-electron chi connectivity index (χ0n) is 11.2. The number of hydrogen-bond donors (Lipinski definition) is 2. The first-order chi connectivity index (χ1) is 8.73. The number of carbonyl (C=O) groups is 2. The van der Waals surface area contributed by atoms with Crippen molar-refractivity contribution in [1.29, 1.82) is 0 Å². The molecule has 1 rings (SSSR count). The number of anilines is 1. The second kappa shape index (κ2) is 5.70. The summed E-state index contributed by atoms with van der Waals surface area (Å²) in [5.74, 6) is -1.00. The summed E-state index contributed by atoms with van der Waals surface area (Å²) in [7, 11) is -1.86. The summed E-state index contributed by atoms with van der Waals surface area (Å²) in [4.78, 5) is 22.3. The van der Waals surface area contributed by atoms with E-state index in [1.165, 1.54) is 12.1 Å². The van der Waals surface area contributed by atoms with E-state index in [-0.39, 0.29) is 5.56 Å². The van der Waals surface area contributed by atoms with Crippen LogP contribution in [0.4, 0.5) is 5.69 Å². The highest BCUT2D eigenvalue weighted by molar-refractivity contribution is 6.70. The van der Waals surface area contributed by atoms with Crippen molar-refractivity contribution in [3.63, 3.8) is 0 Å². The molecule has 0 radical (unpaired) electrons. The number of hydrogen-bond acceptors (Lipinski definition) is 3. The summed E-state index contributed by atoms with van der Waals surface area (Å²) in [6.07, 6.45) is 1.12. The van der Waals surface area contributed by atoms with Crippen LogP contribution in [-0.4, -0.2) is 25.3 Å². The van der Waals surface area contributed by atoms with Gasteiger partial charge in [-0.25, -0.2) is 4.79 Å². The van der Waals surface area contributed by atoms with Gasteiger partial charge in [0.1, 0.15) is 5.75 Å². The largest absolute Gasteiger partial charge is 0.543 e. The zero-order chi connectivity index (χ0) is 14.6. The molecule has 0 spiro atoms. The minimum Gasteiger partial charge on any atom is -0.543 e. The van der Waals surface area contributed by atoms with Crippen LogP contribution in [0.25, 0.3) is 0 Å². The Balaban J connectivity index is 3.18. The normalized spacial score (nSPS) is 10.7. The van der Waals surface area contributed by atoms with Gasteiger partial charge in [0.15, 0.2) is 0 Å². The third kappa shape index (κ3) is 4.59. The van der Waals surface area contributed by atoms with Crippen molar-refractivity contribution >= 4 is 25.9 Å². The highest BCUT2D eigenvalue weighted by Crippen LogP contribution is 2.28. The molecule has 0 atom stereocenters. The fraction of sp³-hybridized carbons (Fsp3) is 0.231. The van der Waals surface area contributed by atoms with Crippen molar-refractivity contribution < 1.29 is 19.1 Å². The number of amides is 1. The van der Waals surface area contributed by atoms with Gasteiger partial charge < -0.3 is 14.8 Å². The molecule has 0 saturated carbocycles. The Morgan fingerprint density at radius 3 is 2.47 bits per heavy atom. The van der Waals surface area contributed by atoms with E-state index in [9.17, 15) is 9.59 Å². The molecule has 0 heterocycles. The second-order valence-corrected chi connectivity index (χ2v) is 9.35. The topological polar surface area (TPSA) is 75.6 Å². The molecule has 102 valence electrons. The van der Waals surface area contributed by atoms with Crippen LogP contribution in [0.3, 0.4) is 0 Å². The summed E-state index contributed by atoms with van der Waals surface area (Å²) in [5.41, 5.74) is 0.425. The summed E-state index contributed by atoms with van der Waals surface area (Å²) >= 11 is 0. The number of carboxylic acid groups (broad SMARTS) is 1. The molecule has 0 aliphatic carbocycles. The van der Waals surface area contributed by atoms with Gasteiger partial charge in [-0.2, -0.15) is 0 Å². The lowest BCUT2D eigenvalue weighted by Crippen LogP contribution is -2.30. The standard InChI is InChI=1S/C13H17NO4Si/c1-5-12(15)14-10-8-9(13(16)17)6-7-11(10)18-19(2,3)4/h5-8H,1H2,2-4H3,(H,14,15)(H,16,17). The first-order valence-electron chi connectivity index (χ1n) is 5.73. The zero-order valence-corrected chi connectivity index (χ0v) is 12.2. The van der Waals surface area contributed by atoms with Crippen molar-refractivity contribution in [1.82, 2.24) is 0 Å². The summed E-state index contributed by atoms with van der Waals surface area (Å²) in [6, 6.07) is 4.38. The fourth-order valence-electron chi connectivity index (χ4n) is 1.36. The fourth-order valence-corrected chi connectivity index (χ4v) is 2.20. The van der Waals surface area contributed by atoms with Crippen LogP contribution in [0.2, 0.25) is 19.6 Å². The highest BCUT2D eigenvalue weighted by Gasteiger charge is 2.19. The lowest BCUT2D eigenvalue weighted by molar-refractivity contribution is -0.111. The van der Waals surface area contributed by atoms with Crippen LogP contribution in [0.15, 0.2) is 30.9 Å². The lowest BCUT2D eigenvalue weighted by Gasteiger charge is -2.21. The molecule has 0 unspecified atom stereocenters. The number of nitrogens with one attached hydrogen (secondary N) is 1. The Morgan fingerprint density at radius 2 is 2.00 bits per heavy atom. The highest BCUT2D eigenvalue weighted by atomic mass is 28.4. The molecule has 0 saturated heterocycles. The van der Waals surface area contributed by atoms with E-state index in [0.29, 0.717) is 11.4 Å². The lowest BCUT2D eigenvalue weighted by atomic mass is 10.2. The van der Waals surface area contributed by atoms with E-state index in [1.807, 2.05) is 19.6 Å². The maximum atomic E-state index is 11.4. The van der Waals surface area contributed by atoms with Gasteiger partial charge in [0, 0.05) is 0 Å². The van der Waals surface area contributed by atoms with Gasteiger partial charge in [-0.05, 0) is 43.9 Å². The molecule has 0 aromatic heterocycles. The molecular formula is C13H17NO4Si. The Morgan fingerprint density at radius 1 is 1.37 bits per heavy atom. The van der Waals surface area contributed by atoms with Crippen LogP contribution in [0.1, 0.15) is 10.4 Å². The predicted octanol–water partition coefficient (Wildman–Crippen LogP) is 2.72. The molecule has 2 N–H and O–H groups in total. The maximum Gasteiger partial charge on any atom is 0.335 e. The van der Waals surface area contributed by atoms with Crippen molar-refractivity contribution in [3.8, 4) is 5.75 Å². The Kier molecular flexibility index (Phi) is 4.50. The third-order valence-corrected chi connectivity index (χ3v) is 2.92. The molecular weight excluding hydrogens is 262 g/mol. The average molecular weight is 279 g/mol. The van der Waals surface area contributed by atoms with Crippen LogP contribution < -0.4 is 9.74 Å². The Labute approximate surface area is 113 Å². The van der Waals surface area contributed by atoms with Gasteiger partial charge in [-0.1, -0.05) is 6.58 Å². The molecule has 0 aliphatic rings. The smallest absolute Gasteiger partial charge is 0.335 e. The Hall–Kier alpha value is -2.08. The number of benzene rings is 1. The van der Waals surface area contributed by atoms with E-state index in [1.54, 1.807) is 6.07 Å². The van der Waals surface area contributed by atoms with E-state index in [0.717, 1.165) is 6.08 Å². The van der Waals surface area contributed by atoms with E-state index in [4.69, 9.17) is 9.53 Å². The van der Waals surface area contributed by atoms with Crippen molar-refractivity contribution in [3.05, 3.63) is 36.4 Å². The molecule has 0 aliphatic heterocycles. The van der Waals surface area contributed by atoms with Crippen LogP contribution in [-0.2, 0) is 4.79 Å². The van der Waals surface area contributed by atoms with Gasteiger partial charge in [-0.3, -0.25) is 4.79 Å². The molecule has 0 fully saturated rings. The van der Waals surface area contributed by atoms with Crippen LogP contribution >= 0.6 is 0 Å². The summed E-state index contributed by atoms with van der Waals surface area (Å²) in [6.45, 7) is 9.35. The van der Waals surface area contributed by atoms with Crippen molar-refractivity contribution in [2.45, 2.75) is 19.6 Å². The minimum atomic E-state index is -1.86. The summed E-state index contributed by atoms with van der Waals surface area (Å²) in [5, 5.41) is 11.5. The average Bonchev–Trinajstić information content (AvgIpc) is 2.29. The SMILES string of the molecule is C=CC(=O)Nc1cc(C(=O)O)ccc1O[Si](C)(C)C. The quantitative estimate of drug-likeness (QED) is 0.642. The number of carboxylic acids is 1. The molecule has 0 bridgehead atoms. The van der Waals surface area contributed by atoms with E-state index >= 15 is 0 Å². The molecule has 1 amide bonds. The number of aromatic carboxylic acids is 1. The monoisotopic (exact) mass is 279 g/mol. The van der Waals surface area contributed by atoms with Gasteiger partial charge in [0.05, 0.1) is 11.3 Å². The molecule has 1 aromatic rings. The molecule has 1 aromatic carbocycles. The maximum absolute atomic E-state index is 11.4. The van der Waals surface area contributed by atoms with E-state index in [2.05, 4.69) is 11.9 Å². The molecule has 5 nitrogen and oxygen atoms in total. The number of rotatable bonds is 5. The molecule has 6 heteroatoms. The van der Waals surface area contributed by atoms with Crippen LogP contribution in [0, 0.1) is 0 Å². The molecule has 19 heavy (non-hydrogen) atoms. The minimum absolute atomic E-state index is 0.0855. The second-order valence-electron chi connectivity index (χ2n) is 4.92. The van der Waals surface area contributed by atoms with E-state index < -0.39 is 20.2 Å². The predicted molar refractivity (Wildman–Crippen MR) is 76.2 cm³/mol. The van der Waals surface area contributed by atoms with Crippen molar-refractivity contribution in [2.75, 3.05) is 5.32 Å². The Bertz CT molecular complexity index is 520. The van der Waals surface area contributed by atoms with Gasteiger partial charge in [0.25, 0.3) is 0 Å².